The van der Waals surface area contributed by atoms with Gasteiger partial charge in [-0.05, 0) is 36.8 Å². The number of carbonyl (C=O) groups is 1. The molecule has 0 spiro atoms. The van der Waals surface area contributed by atoms with Gasteiger partial charge in [-0.2, -0.15) is 0 Å². The number of benzene rings is 1. The molecule has 0 unspecified atom stereocenters. The number of nitrogens with zero attached hydrogens (tertiary/aromatic N) is 1. The number of aliphatic hydroxyl groups excluding tert-OH is 4. The molecular weight excluding hydrogens is 390 g/mol. The van der Waals surface area contributed by atoms with Gasteiger partial charge in [-0.15, -0.1) is 0 Å². The van der Waals surface area contributed by atoms with Gasteiger partial charge in [0.15, 0.2) is 1.41 Å². The number of nitrogens with one attached hydrogen (secondary N) is 2. The number of aldehydes is 1. The molecule has 1 aromatic carbocycles. The highest BCUT2D eigenvalue weighted by Gasteiger charge is 2.31. The molecule has 0 aliphatic heterocycles. The number of fused-ring (bicyclic) bond motifs is 1. The van der Waals surface area contributed by atoms with Crippen LogP contribution in [0, 0.1) is 6.92 Å². The zero-order valence-electron chi connectivity index (χ0n) is 17.1. The summed E-state index contributed by atoms with van der Waals surface area (Å²) in [5.74, 6) is 0. The molecule has 0 fully saturated rings. The van der Waals surface area contributed by atoms with E-state index in [1.54, 1.807) is 37.4 Å². The van der Waals surface area contributed by atoms with E-state index in [2.05, 4.69) is 9.97 Å². The predicted molar refractivity (Wildman–Crippen MR) is 111 cm³/mol. The number of H-pyrrole nitrogens is 1. The third kappa shape index (κ3) is 4.24. The Kier molecular flexibility index (Phi) is 6.15. The maximum atomic E-state index is 12.7. The van der Waals surface area contributed by atoms with Crippen LogP contribution in [0.25, 0.3) is 22.2 Å². The highest BCUT2D eigenvalue weighted by molar-refractivity contribution is 5.90. The molecule has 30 heavy (non-hydrogen) atoms. The third-order valence-corrected chi connectivity index (χ3v) is 4.90. The molecule has 0 aliphatic carbocycles. The number of anilines is 1. The first kappa shape index (κ1) is 20.2. The first-order chi connectivity index (χ1) is 14.8. The van der Waals surface area contributed by atoms with E-state index >= 15 is 0 Å². The van der Waals surface area contributed by atoms with Crippen LogP contribution >= 0.6 is 0 Å². The van der Waals surface area contributed by atoms with E-state index in [1.165, 1.54) is 12.1 Å². The number of pyridine rings is 2. The van der Waals surface area contributed by atoms with Crippen LogP contribution in [0.4, 0.5) is 5.69 Å². The second-order valence-electron chi connectivity index (χ2n) is 6.89. The monoisotopic (exact) mass is 414 g/mol. The minimum atomic E-state index is -1.84. The summed E-state index contributed by atoms with van der Waals surface area (Å²) in [7, 11) is 0. The minimum absolute atomic E-state index is 0.162. The lowest BCUT2D eigenvalue weighted by atomic mass is 10.0. The normalized spacial score (nSPS) is 15.8. The van der Waals surface area contributed by atoms with Gasteiger partial charge in [0.2, 0.25) is 0 Å². The molecule has 0 bridgehead atoms. The SMILES string of the molecule is [2H]N(c1ccc2c(C)c(-c3ccccn3)c(=O)[nH]c2c1)[C@@H](C=O)[C@@H](O)[C@H](O)[C@H](O)CO. The van der Waals surface area contributed by atoms with E-state index in [-0.39, 0.29) is 17.5 Å². The van der Waals surface area contributed by atoms with Gasteiger partial charge in [0.25, 0.3) is 5.56 Å². The second kappa shape index (κ2) is 9.14. The lowest BCUT2D eigenvalue weighted by Crippen LogP contribution is -2.49. The number of rotatable bonds is 8. The van der Waals surface area contributed by atoms with Gasteiger partial charge in [-0.25, -0.2) is 0 Å². The molecule has 6 N–H and O–H groups in total. The van der Waals surface area contributed by atoms with Crippen LogP contribution < -0.4 is 10.9 Å². The van der Waals surface area contributed by atoms with Crippen molar-refractivity contribution in [2.45, 2.75) is 31.3 Å². The van der Waals surface area contributed by atoms with Crippen LogP contribution in [0.2, 0.25) is 1.41 Å². The van der Waals surface area contributed by atoms with E-state index < -0.39 is 31.0 Å². The Balaban J connectivity index is 2.00. The summed E-state index contributed by atoms with van der Waals surface area (Å²) in [5.41, 5.74) is 1.84. The first-order valence-corrected chi connectivity index (χ1v) is 9.26. The number of hydrogen-bond acceptors (Lipinski definition) is 8. The number of aromatic amines is 1. The van der Waals surface area contributed by atoms with Gasteiger partial charge in [-0.1, -0.05) is 12.1 Å². The maximum Gasteiger partial charge on any atom is 0.258 e. The van der Waals surface area contributed by atoms with Crippen molar-refractivity contribution in [3.63, 3.8) is 0 Å². The maximum absolute atomic E-state index is 12.7. The van der Waals surface area contributed by atoms with Crippen LogP contribution in [0.1, 0.15) is 5.56 Å². The van der Waals surface area contributed by atoms with E-state index in [0.29, 0.717) is 33.0 Å². The molecule has 9 nitrogen and oxygen atoms in total. The van der Waals surface area contributed by atoms with Crippen LogP contribution in [0.5, 0.6) is 0 Å². The number of aromatic nitrogens is 2. The Hall–Kier alpha value is -3.11. The summed E-state index contributed by atoms with van der Waals surface area (Å²) in [5, 5.41) is 39.9. The van der Waals surface area contributed by atoms with E-state index in [0.717, 1.165) is 0 Å². The Morgan fingerprint density at radius 2 is 2.00 bits per heavy atom. The average Bonchev–Trinajstić information content (AvgIpc) is 2.78. The van der Waals surface area contributed by atoms with Gasteiger partial charge < -0.3 is 35.5 Å². The Bertz CT molecular complexity index is 1120. The van der Waals surface area contributed by atoms with Crippen LogP contribution in [-0.2, 0) is 4.79 Å². The van der Waals surface area contributed by atoms with Gasteiger partial charge in [0, 0.05) is 17.3 Å². The summed E-state index contributed by atoms with van der Waals surface area (Å²) in [4.78, 5) is 31.2. The number of carbonyl (C=O) groups excluding carboxylic acids is 1. The average molecular weight is 414 g/mol. The van der Waals surface area contributed by atoms with Crippen molar-refractivity contribution >= 4 is 22.9 Å². The van der Waals surface area contributed by atoms with Crippen molar-refractivity contribution in [2.75, 3.05) is 11.9 Å². The molecule has 3 aromatic rings. The van der Waals surface area contributed by atoms with Crippen molar-refractivity contribution in [3.8, 4) is 11.3 Å². The number of aryl methyl sites for hydroxylation is 1. The summed E-state index contributed by atoms with van der Waals surface area (Å²) in [6.45, 7) is 0.960. The molecular formula is C21H23N3O6. The lowest BCUT2D eigenvalue weighted by Gasteiger charge is -2.27. The highest BCUT2D eigenvalue weighted by atomic mass is 16.4. The fraction of sp³-hybridized carbons (Fsp3) is 0.286. The van der Waals surface area contributed by atoms with Crippen molar-refractivity contribution in [1.29, 1.82) is 0 Å². The number of hydrogen-bond donors (Lipinski definition) is 6. The molecule has 0 saturated heterocycles. The molecule has 9 heteroatoms. The summed E-state index contributed by atoms with van der Waals surface area (Å²) in [6, 6.07) is 8.38. The van der Waals surface area contributed by atoms with Gasteiger partial charge in [0.05, 0.1) is 23.4 Å². The van der Waals surface area contributed by atoms with E-state index in [9.17, 15) is 24.9 Å². The first-order valence-electron chi connectivity index (χ1n) is 9.71. The predicted octanol–water partition coefficient (Wildman–Crippen LogP) is -0.0471. The number of aliphatic hydroxyl groups is 4. The van der Waals surface area contributed by atoms with E-state index in [1.807, 2.05) is 0 Å². The third-order valence-electron chi connectivity index (χ3n) is 4.90. The van der Waals surface area contributed by atoms with E-state index in [4.69, 9.17) is 6.52 Å². The Morgan fingerprint density at radius 1 is 1.23 bits per heavy atom. The Labute approximate surface area is 173 Å². The van der Waals surface area contributed by atoms with Crippen molar-refractivity contribution in [2.24, 2.45) is 0 Å². The van der Waals surface area contributed by atoms with Crippen LogP contribution in [0.15, 0.2) is 47.4 Å². The van der Waals surface area contributed by atoms with Gasteiger partial charge >= 0.3 is 0 Å². The van der Waals surface area contributed by atoms with Crippen molar-refractivity contribution in [3.05, 3.63) is 58.5 Å². The molecule has 2 heterocycles. The van der Waals surface area contributed by atoms with Gasteiger partial charge in [-0.3, -0.25) is 9.78 Å². The molecule has 0 aliphatic rings. The zero-order chi connectivity index (χ0) is 22.7. The minimum Gasteiger partial charge on any atom is -0.394 e. The summed E-state index contributed by atoms with van der Waals surface area (Å²) >= 11 is 0. The molecule has 3 rings (SSSR count). The molecule has 4 atom stereocenters. The highest BCUT2D eigenvalue weighted by Crippen LogP contribution is 2.26. The molecule has 0 radical (unpaired) electrons. The largest absolute Gasteiger partial charge is 0.394 e. The van der Waals surface area contributed by atoms with Crippen LogP contribution in [0.3, 0.4) is 0 Å². The lowest BCUT2D eigenvalue weighted by molar-refractivity contribution is -0.117. The standard InChI is InChI=1S/C21H23N3O6/c1-11-13-6-5-12(23-16(9-25)19(28)20(29)17(27)10-26)8-15(13)24-21(30)18(11)14-4-2-3-7-22-14/h2-9,16-17,19-20,23,26-29H,10H2,1H3,(H,24,30)/t16-,17+,19+,20+/m0/s1/i/hD. The molecule has 158 valence electrons. The quantitative estimate of drug-likeness (QED) is 0.280. The zero-order valence-corrected chi connectivity index (χ0v) is 16.1. The molecule has 0 saturated carbocycles. The summed E-state index contributed by atoms with van der Waals surface area (Å²) in [6.07, 6.45) is -3.50. The molecule has 2 aromatic heterocycles. The topological polar surface area (TPSA) is 156 Å². The Morgan fingerprint density at radius 3 is 2.63 bits per heavy atom. The van der Waals surface area contributed by atoms with Crippen molar-refractivity contribution in [1.82, 2.24) is 9.97 Å². The molecule has 0 amide bonds. The second-order valence-corrected chi connectivity index (χ2v) is 6.89. The smallest absolute Gasteiger partial charge is 0.258 e. The fourth-order valence-electron chi connectivity index (χ4n) is 3.25. The van der Waals surface area contributed by atoms with Crippen molar-refractivity contribution < 1.29 is 26.6 Å². The van der Waals surface area contributed by atoms with Crippen LogP contribution in [-0.4, -0.2) is 67.6 Å². The van der Waals surface area contributed by atoms with Gasteiger partial charge in [0.1, 0.15) is 30.6 Å². The summed E-state index contributed by atoms with van der Waals surface area (Å²) < 4.78 is 8.24. The fourth-order valence-corrected chi connectivity index (χ4v) is 3.25.